The van der Waals surface area contributed by atoms with Crippen molar-refractivity contribution in [3.63, 3.8) is 0 Å². The predicted molar refractivity (Wildman–Crippen MR) is 59.3 cm³/mol. The van der Waals surface area contributed by atoms with Crippen molar-refractivity contribution in [2.45, 2.75) is 6.42 Å². The Hall–Kier alpha value is -0.900. The molecular weight excluding hydrogens is 201 g/mol. The van der Waals surface area contributed by atoms with Gasteiger partial charge in [0.25, 0.3) is 0 Å². The Morgan fingerprint density at radius 3 is 2.93 bits per heavy atom. The van der Waals surface area contributed by atoms with Crippen molar-refractivity contribution in [3.8, 4) is 5.75 Å². The van der Waals surface area contributed by atoms with Crippen molar-refractivity contribution in [2.75, 3.05) is 24.3 Å². The summed E-state index contributed by atoms with van der Waals surface area (Å²) in [6, 6.07) is 4.55. The summed E-state index contributed by atoms with van der Waals surface area (Å²) in [7, 11) is 0. The number of benzene rings is 1. The molecule has 2 nitrogen and oxygen atoms in total. The zero-order valence-electron chi connectivity index (χ0n) is 8.13. The first-order valence-electron chi connectivity index (χ1n) is 4.41. The van der Waals surface area contributed by atoms with E-state index in [4.69, 9.17) is 10.5 Å². The van der Waals surface area contributed by atoms with Crippen LogP contribution >= 0.6 is 11.8 Å². The third-order valence-electron chi connectivity index (χ3n) is 1.74. The molecule has 0 radical (unpaired) electrons. The van der Waals surface area contributed by atoms with Gasteiger partial charge in [0.05, 0.1) is 12.3 Å². The van der Waals surface area contributed by atoms with Crippen LogP contribution in [-0.4, -0.2) is 18.6 Å². The normalized spacial score (nSPS) is 10.1. The van der Waals surface area contributed by atoms with Gasteiger partial charge in [-0.3, -0.25) is 0 Å². The molecule has 0 saturated heterocycles. The van der Waals surface area contributed by atoms with Gasteiger partial charge in [-0.05, 0) is 30.6 Å². The molecule has 0 aromatic heterocycles. The first kappa shape index (κ1) is 11.2. The van der Waals surface area contributed by atoms with Gasteiger partial charge in [-0.25, -0.2) is 4.39 Å². The molecule has 14 heavy (non-hydrogen) atoms. The number of ether oxygens (including phenoxy) is 1. The van der Waals surface area contributed by atoms with Crippen molar-refractivity contribution in [3.05, 3.63) is 24.0 Å². The smallest absolute Gasteiger partial charge is 0.177 e. The predicted octanol–water partition coefficient (Wildman–Crippen LogP) is 2.54. The van der Waals surface area contributed by atoms with Crippen LogP contribution in [0.25, 0.3) is 0 Å². The minimum absolute atomic E-state index is 0.175. The first-order chi connectivity index (χ1) is 6.75. The molecule has 2 N–H and O–H groups in total. The molecule has 1 aromatic rings. The third-order valence-corrected chi connectivity index (χ3v) is 2.43. The molecular formula is C10H14FNOS. The van der Waals surface area contributed by atoms with E-state index in [9.17, 15) is 4.39 Å². The number of anilines is 1. The molecule has 0 unspecified atom stereocenters. The molecule has 0 atom stereocenters. The van der Waals surface area contributed by atoms with Crippen molar-refractivity contribution in [1.29, 1.82) is 0 Å². The molecule has 0 spiro atoms. The molecule has 0 saturated carbocycles. The highest BCUT2D eigenvalue weighted by molar-refractivity contribution is 7.98. The SMILES string of the molecule is CSCCCOc1c(N)cccc1F. The highest BCUT2D eigenvalue weighted by Gasteiger charge is 2.05. The van der Waals surface area contributed by atoms with Crippen molar-refractivity contribution in [1.82, 2.24) is 0 Å². The lowest BCUT2D eigenvalue weighted by atomic mass is 10.3. The van der Waals surface area contributed by atoms with Crippen LogP contribution in [0.5, 0.6) is 5.75 Å². The van der Waals surface area contributed by atoms with Crippen molar-refractivity contribution >= 4 is 17.4 Å². The highest BCUT2D eigenvalue weighted by Crippen LogP contribution is 2.24. The lowest BCUT2D eigenvalue weighted by molar-refractivity contribution is 0.304. The number of halogens is 1. The van der Waals surface area contributed by atoms with Gasteiger partial charge in [0.2, 0.25) is 0 Å². The quantitative estimate of drug-likeness (QED) is 0.605. The van der Waals surface area contributed by atoms with E-state index in [0.29, 0.717) is 12.3 Å². The van der Waals surface area contributed by atoms with Gasteiger partial charge < -0.3 is 10.5 Å². The van der Waals surface area contributed by atoms with Crippen LogP contribution in [0.1, 0.15) is 6.42 Å². The number of thioether (sulfide) groups is 1. The number of hydrogen-bond donors (Lipinski definition) is 1. The fraction of sp³-hybridized carbons (Fsp3) is 0.400. The number of hydrogen-bond acceptors (Lipinski definition) is 3. The molecule has 0 fully saturated rings. The first-order valence-corrected chi connectivity index (χ1v) is 5.81. The number of nitrogens with two attached hydrogens (primary N) is 1. The van der Waals surface area contributed by atoms with E-state index in [2.05, 4.69) is 0 Å². The van der Waals surface area contributed by atoms with Crippen LogP contribution in [0.2, 0.25) is 0 Å². The Labute approximate surface area is 87.6 Å². The minimum Gasteiger partial charge on any atom is -0.488 e. The summed E-state index contributed by atoms with van der Waals surface area (Å²) in [4.78, 5) is 0. The van der Waals surface area contributed by atoms with E-state index in [1.807, 2.05) is 6.26 Å². The molecule has 1 rings (SSSR count). The second-order valence-corrected chi connectivity index (χ2v) is 3.84. The maximum absolute atomic E-state index is 13.1. The zero-order valence-corrected chi connectivity index (χ0v) is 8.94. The van der Waals surface area contributed by atoms with Crippen LogP contribution in [0.3, 0.4) is 0 Å². The van der Waals surface area contributed by atoms with Crippen LogP contribution < -0.4 is 10.5 Å². The molecule has 4 heteroatoms. The van der Waals surface area contributed by atoms with Crippen molar-refractivity contribution in [2.24, 2.45) is 0 Å². The van der Waals surface area contributed by atoms with Gasteiger partial charge in [0, 0.05) is 0 Å². The van der Waals surface area contributed by atoms with E-state index >= 15 is 0 Å². The summed E-state index contributed by atoms with van der Waals surface area (Å²) < 4.78 is 18.4. The Morgan fingerprint density at radius 1 is 1.50 bits per heavy atom. The lowest BCUT2D eigenvalue weighted by Gasteiger charge is -2.08. The van der Waals surface area contributed by atoms with Crippen LogP contribution in [0.15, 0.2) is 18.2 Å². The fourth-order valence-electron chi connectivity index (χ4n) is 1.06. The molecule has 1 aromatic carbocycles. The molecule has 0 heterocycles. The Kier molecular flexibility index (Phi) is 4.59. The zero-order chi connectivity index (χ0) is 10.4. The van der Waals surface area contributed by atoms with Crippen LogP contribution in [-0.2, 0) is 0 Å². The van der Waals surface area contributed by atoms with Gasteiger partial charge in [0.15, 0.2) is 11.6 Å². The fourth-order valence-corrected chi connectivity index (χ4v) is 1.46. The van der Waals surface area contributed by atoms with E-state index in [1.165, 1.54) is 6.07 Å². The van der Waals surface area contributed by atoms with Gasteiger partial charge in [-0.2, -0.15) is 11.8 Å². The van der Waals surface area contributed by atoms with E-state index in [-0.39, 0.29) is 5.75 Å². The Bertz CT molecular complexity index is 273. The summed E-state index contributed by atoms with van der Waals surface area (Å²) in [6.45, 7) is 0.506. The topological polar surface area (TPSA) is 35.2 Å². The summed E-state index contributed by atoms with van der Waals surface area (Å²) >= 11 is 1.74. The van der Waals surface area contributed by atoms with E-state index < -0.39 is 5.82 Å². The molecule has 78 valence electrons. The Morgan fingerprint density at radius 2 is 2.29 bits per heavy atom. The number of rotatable bonds is 5. The summed E-state index contributed by atoms with van der Waals surface area (Å²) in [6.07, 6.45) is 2.92. The summed E-state index contributed by atoms with van der Waals surface area (Å²) in [5.41, 5.74) is 5.92. The standard InChI is InChI=1S/C10H14FNOS/c1-14-7-3-6-13-10-8(11)4-2-5-9(10)12/h2,4-5H,3,6-7,12H2,1H3. The number of nitrogen functional groups attached to an aromatic ring is 1. The average Bonchev–Trinajstić information content (AvgIpc) is 2.16. The summed E-state index contributed by atoms with van der Waals surface area (Å²) in [5.74, 6) is 0.789. The molecule has 0 aliphatic carbocycles. The van der Waals surface area contributed by atoms with Crippen LogP contribution in [0, 0.1) is 5.82 Å². The van der Waals surface area contributed by atoms with Crippen LogP contribution in [0.4, 0.5) is 10.1 Å². The maximum Gasteiger partial charge on any atom is 0.177 e. The van der Waals surface area contributed by atoms with Gasteiger partial charge in [-0.15, -0.1) is 0 Å². The largest absolute Gasteiger partial charge is 0.488 e. The van der Waals surface area contributed by atoms with Gasteiger partial charge in [0.1, 0.15) is 0 Å². The van der Waals surface area contributed by atoms with Crippen molar-refractivity contribution < 1.29 is 9.13 Å². The van der Waals surface area contributed by atoms with Gasteiger partial charge in [-0.1, -0.05) is 6.07 Å². The highest BCUT2D eigenvalue weighted by atomic mass is 32.2. The van der Waals surface area contributed by atoms with E-state index in [0.717, 1.165) is 12.2 Å². The average molecular weight is 215 g/mol. The lowest BCUT2D eigenvalue weighted by Crippen LogP contribution is -2.03. The summed E-state index contributed by atoms with van der Waals surface area (Å²) in [5, 5.41) is 0. The van der Waals surface area contributed by atoms with Gasteiger partial charge >= 0.3 is 0 Å². The van der Waals surface area contributed by atoms with E-state index in [1.54, 1.807) is 23.9 Å². The second-order valence-electron chi connectivity index (χ2n) is 2.85. The molecule has 0 amide bonds. The monoisotopic (exact) mass is 215 g/mol. The second kappa shape index (κ2) is 5.75. The molecule has 0 bridgehead atoms. The third kappa shape index (κ3) is 3.10. The minimum atomic E-state index is -0.394. The Balaban J connectivity index is 2.49. The molecule has 0 aliphatic rings. The molecule has 0 aliphatic heterocycles. The maximum atomic E-state index is 13.1. The number of para-hydroxylation sites is 1.